The molecule has 0 amide bonds. The minimum absolute atomic E-state index is 0.0892. The van der Waals surface area contributed by atoms with Gasteiger partial charge in [0.25, 0.3) is 0 Å². The Morgan fingerprint density at radius 3 is 1.66 bits per heavy atom. The van der Waals surface area contributed by atoms with E-state index >= 15 is 26.3 Å². The second-order valence-electron chi connectivity index (χ2n) is 15.8. The van der Waals surface area contributed by atoms with Gasteiger partial charge in [-0.3, -0.25) is 0 Å². The topological polar surface area (TPSA) is 33.6 Å². The van der Waals surface area contributed by atoms with Crippen LogP contribution in [0.5, 0.6) is 0 Å². The minimum atomic E-state index is -5.15. The first kappa shape index (κ1) is 38.9. The van der Waals surface area contributed by atoms with Crippen LogP contribution in [0.4, 0.5) is 26.3 Å². The van der Waals surface area contributed by atoms with Crippen molar-refractivity contribution >= 4 is 38.8 Å². The van der Waals surface area contributed by atoms with Crippen molar-refractivity contribution in [3.63, 3.8) is 0 Å². The normalized spacial score (nSPS) is 13.0. The first-order chi connectivity index (χ1) is 29.8. The maximum Gasteiger partial charge on any atom is 0.417 e. The zero-order valence-electron chi connectivity index (χ0n) is 33.5. The molecule has 0 saturated carbocycles. The first-order valence-electron chi connectivity index (χ1n) is 20.2. The molecule has 1 aliphatic carbocycles. The molecule has 0 aliphatic heterocycles. The summed E-state index contributed by atoms with van der Waals surface area (Å²) >= 11 is 0. The second kappa shape index (κ2) is 14.4. The standard InChI is InChI=1S/C53H35F6N3/c1-31-12-3-5-14-36(31)33-22-24-40-38-16-7-9-20-45(38)61(47(40)26-33)49-28-35(51-43(52(54,55)56)18-11-19-44(51)53(57,58)59)29-50(42(49)30-60)62-46-21-10-8-17-39(46)41-25-23-34(27-48(41)62)37-15-6-4-13-32(37)2/h3-9,11-20,22-29H,10,21H2,1-2H3. The smallest absolute Gasteiger partial charge is 0.312 e. The van der Waals surface area contributed by atoms with Crippen LogP contribution in [0.25, 0.3) is 83.5 Å². The Hall–Kier alpha value is -7.31. The number of hydrogen-bond acceptors (Lipinski definition) is 1. The van der Waals surface area contributed by atoms with Crippen molar-refractivity contribution in [3.05, 3.63) is 185 Å². The summed E-state index contributed by atoms with van der Waals surface area (Å²) in [5.74, 6) is 0. The zero-order chi connectivity index (χ0) is 43.1. The SMILES string of the molecule is Cc1ccccc1-c1ccc2c3c(n(-c4cc(-c5c(C(F)(F)F)cccc5C(F)(F)F)cc(-n5c6ccccc6c6ccc(-c7ccccc7C)cc65)c4C#N)c2c1)CCC=C3. The predicted octanol–water partition coefficient (Wildman–Crippen LogP) is 15.2. The van der Waals surface area contributed by atoms with Crippen molar-refractivity contribution in [2.24, 2.45) is 0 Å². The lowest BCUT2D eigenvalue weighted by molar-refractivity contribution is -0.142. The molecule has 2 heterocycles. The number of benzene rings is 7. The lowest BCUT2D eigenvalue weighted by Crippen LogP contribution is -2.15. The molecule has 0 N–H and O–H groups in total. The Kier molecular flexibility index (Phi) is 9.04. The molecule has 0 unspecified atom stereocenters. The molecule has 62 heavy (non-hydrogen) atoms. The van der Waals surface area contributed by atoms with Crippen molar-refractivity contribution < 1.29 is 26.3 Å². The number of aromatic nitrogens is 2. The van der Waals surface area contributed by atoms with Crippen LogP contribution in [0.3, 0.4) is 0 Å². The number of allylic oxidation sites excluding steroid dienone is 1. The largest absolute Gasteiger partial charge is 0.417 e. The molecule has 1 aliphatic rings. The molecule has 10 rings (SSSR count). The van der Waals surface area contributed by atoms with E-state index in [1.807, 2.05) is 144 Å². The quantitative estimate of drug-likeness (QED) is 0.159. The van der Waals surface area contributed by atoms with Gasteiger partial charge in [0.1, 0.15) is 11.6 Å². The number of para-hydroxylation sites is 1. The molecular formula is C53H35F6N3. The summed E-state index contributed by atoms with van der Waals surface area (Å²) in [5.41, 5.74) is 5.54. The van der Waals surface area contributed by atoms with Crippen LogP contribution < -0.4 is 0 Å². The molecule has 7 aromatic carbocycles. The van der Waals surface area contributed by atoms with E-state index in [1.54, 1.807) is 0 Å². The van der Waals surface area contributed by atoms with Crippen LogP contribution in [0.1, 0.15) is 45.5 Å². The van der Waals surface area contributed by atoms with Crippen LogP contribution >= 0.6 is 0 Å². The van der Waals surface area contributed by atoms with Gasteiger partial charge in [-0.25, -0.2) is 0 Å². The molecule has 0 bridgehead atoms. The lowest BCUT2D eigenvalue weighted by atomic mass is 9.91. The van der Waals surface area contributed by atoms with Crippen molar-refractivity contribution in [1.82, 2.24) is 9.13 Å². The minimum Gasteiger partial charge on any atom is -0.312 e. The van der Waals surface area contributed by atoms with Crippen molar-refractivity contribution in [3.8, 4) is 50.8 Å². The third kappa shape index (κ3) is 6.20. The van der Waals surface area contributed by atoms with Crippen molar-refractivity contribution in [1.29, 1.82) is 5.26 Å². The van der Waals surface area contributed by atoms with Gasteiger partial charge in [0, 0.05) is 33.0 Å². The average Bonchev–Trinajstić information content (AvgIpc) is 3.77. The second-order valence-corrected chi connectivity index (χ2v) is 15.8. The molecule has 2 aromatic heterocycles. The van der Waals surface area contributed by atoms with E-state index in [1.165, 1.54) is 12.1 Å². The summed E-state index contributed by atoms with van der Waals surface area (Å²) in [6, 6.07) is 42.4. The highest BCUT2D eigenvalue weighted by Crippen LogP contribution is 2.48. The van der Waals surface area contributed by atoms with E-state index in [4.69, 9.17) is 0 Å². The third-order valence-corrected chi connectivity index (χ3v) is 12.2. The van der Waals surface area contributed by atoms with Crippen LogP contribution in [0.15, 0.2) is 146 Å². The van der Waals surface area contributed by atoms with E-state index in [9.17, 15) is 5.26 Å². The van der Waals surface area contributed by atoms with Crippen molar-refractivity contribution in [2.75, 3.05) is 0 Å². The van der Waals surface area contributed by atoms with Crippen LogP contribution in [-0.4, -0.2) is 9.13 Å². The molecule has 304 valence electrons. The summed E-state index contributed by atoms with van der Waals surface area (Å²) in [6.07, 6.45) is -5.07. The summed E-state index contributed by atoms with van der Waals surface area (Å²) in [6.45, 7) is 4.00. The number of nitriles is 1. The summed E-state index contributed by atoms with van der Waals surface area (Å²) in [4.78, 5) is 0. The van der Waals surface area contributed by atoms with Gasteiger partial charge >= 0.3 is 12.4 Å². The molecule has 0 radical (unpaired) electrons. The monoisotopic (exact) mass is 827 g/mol. The number of nitrogens with zero attached hydrogens (tertiary/aromatic N) is 3. The molecule has 0 fully saturated rings. The number of aryl methyl sites for hydroxylation is 2. The molecule has 0 spiro atoms. The van der Waals surface area contributed by atoms with Gasteiger partial charge in [0.15, 0.2) is 0 Å². The molecule has 9 aromatic rings. The highest BCUT2D eigenvalue weighted by atomic mass is 19.4. The number of hydrogen-bond donors (Lipinski definition) is 0. The van der Waals surface area contributed by atoms with E-state index in [-0.39, 0.29) is 22.5 Å². The van der Waals surface area contributed by atoms with E-state index in [2.05, 4.69) is 6.07 Å². The Labute approximate surface area is 353 Å². The number of fused-ring (bicyclic) bond motifs is 6. The summed E-state index contributed by atoms with van der Waals surface area (Å²) < 4.78 is 94.2. The third-order valence-electron chi connectivity index (χ3n) is 12.2. The maximum atomic E-state index is 15.1. The molecule has 0 atom stereocenters. The van der Waals surface area contributed by atoms with E-state index < -0.39 is 29.0 Å². The van der Waals surface area contributed by atoms with Gasteiger partial charge in [-0.2, -0.15) is 31.6 Å². The van der Waals surface area contributed by atoms with E-state index in [0.29, 0.717) is 41.5 Å². The van der Waals surface area contributed by atoms with Gasteiger partial charge in [-0.05, 0) is 108 Å². The lowest BCUT2D eigenvalue weighted by Gasteiger charge is -2.23. The molecule has 9 heteroatoms. The highest BCUT2D eigenvalue weighted by molar-refractivity contribution is 6.11. The molecular weight excluding hydrogens is 793 g/mol. The predicted molar refractivity (Wildman–Crippen MR) is 235 cm³/mol. The van der Waals surface area contributed by atoms with Gasteiger partial charge < -0.3 is 9.13 Å². The fourth-order valence-corrected chi connectivity index (χ4v) is 9.41. The van der Waals surface area contributed by atoms with Gasteiger partial charge in [0.2, 0.25) is 0 Å². The van der Waals surface area contributed by atoms with Gasteiger partial charge in [-0.15, -0.1) is 0 Å². The Balaban J connectivity index is 1.39. The van der Waals surface area contributed by atoms with E-state index in [0.717, 1.165) is 66.9 Å². The number of alkyl halides is 6. The number of halogens is 6. The fraction of sp³-hybridized carbons (Fsp3) is 0.113. The fourth-order valence-electron chi connectivity index (χ4n) is 9.41. The Bertz CT molecular complexity index is 3340. The van der Waals surface area contributed by atoms with Crippen LogP contribution in [0.2, 0.25) is 0 Å². The summed E-state index contributed by atoms with van der Waals surface area (Å²) in [7, 11) is 0. The molecule has 3 nitrogen and oxygen atoms in total. The maximum absolute atomic E-state index is 15.1. The summed E-state index contributed by atoms with van der Waals surface area (Å²) in [5, 5.41) is 13.9. The first-order valence-corrected chi connectivity index (χ1v) is 20.2. The van der Waals surface area contributed by atoms with Gasteiger partial charge in [0.05, 0.1) is 39.1 Å². The van der Waals surface area contributed by atoms with Gasteiger partial charge in [-0.1, -0.05) is 109 Å². The Morgan fingerprint density at radius 1 is 0.532 bits per heavy atom. The van der Waals surface area contributed by atoms with Crippen LogP contribution in [-0.2, 0) is 18.8 Å². The number of rotatable bonds is 5. The van der Waals surface area contributed by atoms with Crippen molar-refractivity contribution in [2.45, 2.75) is 39.0 Å². The molecule has 0 saturated heterocycles. The van der Waals surface area contributed by atoms with Crippen LogP contribution in [0, 0.1) is 25.2 Å². The average molecular weight is 828 g/mol. The Morgan fingerprint density at radius 2 is 1.06 bits per heavy atom. The zero-order valence-corrected chi connectivity index (χ0v) is 33.5. The highest BCUT2D eigenvalue weighted by Gasteiger charge is 2.41.